The largest absolute Gasteiger partial charge is 0.380 e. The van der Waals surface area contributed by atoms with E-state index in [9.17, 15) is 13.2 Å². The highest BCUT2D eigenvalue weighted by atomic mass is 32.2. The van der Waals surface area contributed by atoms with Crippen molar-refractivity contribution in [3.05, 3.63) is 29.6 Å². The summed E-state index contributed by atoms with van der Waals surface area (Å²) in [6.45, 7) is 0.619. The second kappa shape index (κ2) is 6.08. The van der Waals surface area contributed by atoms with Crippen LogP contribution < -0.4 is 5.32 Å². The monoisotopic (exact) mass is 317 g/mol. The van der Waals surface area contributed by atoms with Gasteiger partial charge in [0.2, 0.25) is 0 Å². The first-order chi connectivity index (χ1) is 10.1. The molecule has 1 unspecified atom stereocenters. The zero-order valence-electron chi connectivity index (χ0n) is 11.6. The third-order valence-corrected chi connectivity index (χ3v) is 5.25. The van der Waals surface area contributed by atoms with Gasteiger partial charge < -0.3 is 10.1 Å². The number of benzene rings is 1. The number of rotatable bonds is 2. The third-order valence-electron chi connectivity index (χ3n) is 4.27. The second-order valence-electron chi connectivity index (χ2n) is 5.72. The molecule has 2 nitrogen and oxygen atoms in total. The van der Waals surface area contributed by atoms with Crippen LogP contribution in [-0.2, 0) is 4.74 Å². The molecule has 2 aliphatic rings. The number of hydrogen-bond donors (Lipinski definition) is 1. The molecule has 1 aromatic carbocycles. The molecule has 0 saturated carbocycles. The van der Waals surface area contributed by atoms with Gasteiger partial charge in [0.1, 0.15) is 5.82 Å². The molecule has 1 aromatic rings. The normalized spacial score (nSPS) is 25.0. The number of ether oxygens (including phenoxy) is 1. The average molecular weight is 317 g/mol. The molecule has 1 atom stereocenters. The minimum atomic E-state index is -1.16. The summed E-state index contributed by atoms with van der Waals surface area (Å²) < 4.78 is 45.9. The lowest BCUT2D eigenvalue weighted by atomic mass is 9.85. The van der Waals surface area contributed by atoms with E-state index in [-0.39, 0.29) is 17.3 Å². The van der Waals surface area contributed by atoms with Crippen molar-refractivity contribution in [2.75, 3.05) is 23.4 Å². The minimum absolute atomic E-state index is 0.0288. The molecular weight excluding hydrogens is 299 g/mol. The fourth-order valence-corrected chi connectivity index (χ4v) is 4.33. The Labute approximate surface area is 126 Å². The molecule has 0 amide bonds. The maximum atomic E-state index is 13.7. The van der Waals surface area contributed by atoms with E-state index >= 15 is 0 Å². The van der Waals surface area contributed by atoms with Gasteiger partial charge in [-0.15, -0.1) is 0 Å². The Morgan fingerprint density at radius 3 is 2.57 bits per heavy atom. The summed E-state index contributed by atoms with van der Waals surface area (Å²) in [6, 6.07) is 1.51. The Morgan fingerprint density at radius 1 is 1.10 bits per heavy atom. The number of halogens is 3. The maximum absolute atomic E-state index is 13.7. The van der Waals surface area contributed by atoms with E-state index < -0.39 is 17.5 Å². The first-order valence-corrected chi connectivity index (χ1v) is 8.36. The summed E-state index contributed by atoms with van der Waals surface area (Å²) >= 11 is 1.92. The lowest BCUT2D eigenvalue weighted by molar-refractivity contribution is -0.0866. The first kappa shape index (κ1) is 15.0. The maximum Gasteiger partial charge on any atom is 0.161 e. The van der Waals surface area contributed by atoms with Crippen LogP contribution in [-0.4, -0.2) is 29.8 Å². The van der Waals surface area contributed by atoms with E-state index in [0.717, 1.165) is 43.3 Å². The summed E-state index contributed by atoms with van der Waals surface area (Å²) in [6.07, 6.45) is 3.52. The Balaban J connectivity index is 1.71. The highest BCUT2D eigenvalue weighted by Crippen LogP contribution is 2.38. The van der Waals surface area contributed by atoms with Crippen LogP contribution in [0.5, 0.6) is 0 Å². The Hall–Kier alpha value is -0.880. The molecule has 2 saturated heterocycles. The molecule has 0 aliphatic carbocycles. The molecule has 6 heteroatoms. The molecule has 2 fully saturated rings. The summed E-state index contributed by atoms with van der Waals surface area (Å²) in [4.78, 5) is 0. The van der Waals surface area contributed by atoms with Crippen molar-refractivity contribution in [1.82, 2.24) is 0 Å². The molecule has 0 radical (unpaired) electrons. The van der Waals surface area contributed by atoms with Gasteiger partial charge in [-0.05, 0) is 37.2 Å². The van der Waals surface area contributed by atoms with Crippen molar-refractivity contribution in [2.24, 2.45) is 0 Å². The van der Waals surface area contributed by atoms with Crippen molar-refractivity contribution < 1.29 is 17.9 Å². The van der Waals surface area contributed by atoms with Crippen molar-refractivity contribution in [3.8, 4) is 0 Å². The molecule has 2 heterocycles. The summed E-state index contributed by atoms with van der Waals surface area (Å²) in [5.41, 5.74) is -0.0999. The number of thioether (sulfide) groups is 1. The van der Waals surface area contributed by atoms with E-state index in [1.165, 1.54) is 0 Å². The predicted molar refractivity (Wildman–Crippen MR) is 78.2 cm³/mol. The van der Waals surface area contributed by atoms with E-state index in [1.807, 2.05) is 11.8 Å². The molecule has 3 rings (SSSR count). The smallest absolute Gasteiger partial charge is 0.161 e. The van der Waals surface area contributed by atoms with Crippen LogP contribution in [0.1, 0.15) is 25.7 Å². The predicted octanol–water partition coefficient (Wildman–Crippen LogP) is 3.96. The molecule has 2 aliphatic heterocycles. The molecular formula is C15H18F3NOS. The Kier molecular flexibility index (Phi) is 4.36. The van der Waals surface area contributed by atoms with Gasteiger partial charge in [0, 0.05) is 24.8 Å². The number of nitrogens with one attached hydrogen (secondary N) is 1. The van der Waals surface area contributed by atoms with Crippen LogP contribution in [0.25, 0.3) is 0 Å². The molecule has 116 valence electrons. The minimum Gasteiger partial charge on any atom is -0.380 e. The van der Waals surface area contributed by atoms with E-state index in [1.54, 1.807) is 0 Å². The summed E-state index contributed by atoms with van der Waals surface area (Å²) in [5, 5.41) is 3.02. The number of hydrogen-bond acceptors (Lipinski definition) is 3. The van der Waals surface area contributed by atoms with E-state index in [4.69, 9.17) is 4.74 Å². The lowest BCUT2D eigenvalue weighted by Gasteiger charge is -2.43. The highest BCUT2D eigenvalue weighted by Gasteiger charge is 2.38. The highest BCUT2D eigenvalue weighted by molar-refractivity contribution is 7.99. The second-order valence-corrected chi connectivity index (χ2v) is 6.95. The van der Waals surface area contributed by atoms with Crippen molar-refractivity contribution in [2.45, 2.75) is 37.3 Å². The van der Waals surface area contributed by atoms with Crippen LogP contribution in [0.2, 0.25) is 0 Å². The van der Waals surface area contributed by atoms with E-state index in [0.29, 0.717) is 12.7 Å². The van der Waals surface area contributed by atoms with Crippen molar-refractivity contribution >= 4 is 17.4 Å². The molecule has 21 heavy (non-hydrogen) atoms. The van der Waals surface area contributed by atoms with Gasteiger partial charge >= 0.3 is 0 Å². The van der Waals surface area contributed by atoms with Gasteiger partial charge in [-0.1, -0.05) is 0 Å². The van der Waals surface area contributed by atoms with Gasteiger partial charge in [0.05, 0.1) is 11.3 Å². The quantitative estimate of drug-likeness (QED) is 0.834. The SMILES string of the molecule is Fc1cc(F)c(NC2CCOC3(CCSCC3)C2)cc1F. The van der Waals surface area contributed by atoms with Crippen LogP contribution in [0.3, 0.4) is 0 Å². The summed E-state index contributed by atoms with van der Waals surface area (Å²) in [7, 11) is 0. The van der Waals surface area contributed by atoms with E-state index in [2.05, 4.69) is 5.32 Å². The molecule has 1 spiro atoms. The van der Waals surface area contributed by atoms with Crippen LogP contribution in [0, 0.1) is 17.5 Å². The number of anilines is 1. The molecule has 0 bridgehead atoms. The van der Waals surface area contributed by atoms with Gasteiger partial charge in [-0.3, -0.25) is 0 Å². The van der Waals surface area contributed by atoms with Crippen LogP contribution in [0.4, 0.5) is 18.9 Å². The zero-order valence-corrected chi connectivity index (χ0v) is 12.4. The first-order valence-electron chi connectivity index (χ1n) is 7.21. The van der Waals surface area contributed by atoms with Gasteiger partial charge in [-0.25, -0.2) is 13.2 Å². The van der Waals surface area contributed by atoms with Crippen LogP contribution in [0.15, 0.2) is 12.1 Å². The standard InChI is InChI=1S/C15H18F3NOS/c16-11-7-13(18)14(8-12(11)17)19-10-1-4-20-15(9-10)2-5-21-6-3-15/h7-8,10,19H,1-6,9H2. The topological polar surface area (TPSA) is 21.3 Å². The fourth-order valence-electron chi connectivity index (χ4n) is 3.10. The zero-order chi connectivity index (χ0) is 14.9. The third kappa shape index (κ3) is 3.31. The van der Waals surface area contributed by atoms with Crippen molar-refractivity contribution in [3.63, 3.8) is 0 Å². The van der Waals surface area contributed by atoms with Gasteiger partial charge in [-0.2, -0.15) is 11.8 Å². The Bertz CT molecular complexity index is 514. The lowest BCUT2D eigenvalue weighted by Crippen LogP contribution is -2.46. The van der Waals surface area contributed by atoms with Crippen molar-refractivity contribution in [1.29, 1.82) is 0 Å². The van der Waals surface area contributed by atoms with Gasteiger partial charge in [0.25, 0.3) is 0 Å². The molecule has 0 aromatic heterocycles. The average Bonchev–Trinajstić information content (AvgIpc) is 2.46. The molecule has 1 N–H and O–H groups in total. The van der Waals surface area contributed by atoms with Crippen LogP contribution >= 0.6 is 11.8 Å². The summed E-state index contributed by atoms with van der Waals surface area (Å²) in [5.74, 6) is -0.799. The van der Waals surface area contributed by atoms with Gasteiger partial charge in [0.15, 0.2) is 11.6 Å². The fraction of sp³-hybridized carbons (Fsp3) is 0.600. The Morgan fingerprint density at radius 2 is 1.81 bits per heavy atom.